The molecule has 8 heteroatoms. The van der Waals surface area contributed by atoms with Crippen molar-refractivity contribution in [3.05, 3.63) is 52.4 Å². The third kappa shape index (κ3) is 4.16. The van der Waals surface area contributed by atoms with E-state index in [1.165, 1.54) is 0 Å². The van der Waals surface area contributed by atoms with Crippen LogP contribution in [0, 0.1) is 6.92 Å². The number of urea groups is 1. The zero-order valence-corrected chi connectivity index (χ0v) is 16.0. The number of nitrogens with one attached hydrogen (secondary N) is 2. The number of hydrogen-bond acceptors (Lipinski definition) is 5. The molecule has 1 aliphatic heterocycles. The molecule has 0 aliphatic carbocycles. The Morgan fingerprint density at radius 1 is 1.33 bits per heavy atom. The average Bonchev–Trinajstić information content (AvgIpc) is 3.36. The molecule has 1 unspecified atom stereocenters. The number of piperidine rings is 1. The highest BCUT2D eigenvalue weighted by Gasteiger charge is 2.27. The van der Waals surface area contributed by atoms with Gasteiger partial charge in [-0.1, -0.05) is 30.3 Å². The molecule has 0 radical (unpaired) electrons. The second kappa shape index (κ2) is 7.87. The summed E-state index contributed by atoms with van der Waals surface area (Å²) in [6, 6.07) is 10.0. The maximum Gasteiger partial charge on any atom is 0.317 e. The number of thiazole rings is 1. The zero-order chi connectivity index (χ0) is 18.6. The number of likely N-dealkylation sites (tertiary alicyclic amines) is 1. The van der Waals surface area contributed by atoms with E-state index in [0.29, 0.717) is 13.1 Å². The van der Waals surface area contributed by atoms with Gasteiger partial charge in [-0.25, -0.2) is 14.8 Å². The molecule has 1 saturated heterocycles. The first-order valence-corrected chi connectivity index (χ1v) is 9.98. The van der Waals surface area contributed by atoms with Crippen molar-refractivity contribution in [1.82, 2.24) is 30.4 Å². The molecular weight excluding hydrogens is 360 g/mol. The standard InChI is InChI=1S/C19H22N6OS/c1-13-21-18(24-23-13)15-8-5-9-25(11-15)19(26)20-10-17-22-16(12-27-17)14-6-3-2-4-7-14/h2-4,6-7,12,15H,5,8-11H2,1H3,(H,20,26)(H,21,23,24). The third-order valence-corrected chi connectivity index (χ3v) is 5.55. The Balaban J connectivity index is 1.33. The maximum atomic E-state index is 12.6. The highest BCUT2D eigenvalue weighted by Crippen LogP contribution is 2.25. The molecule has 0 spiro atoms. The summed E-state index contributed by atoms with van der Waals surface area (Å²) in [5.74, 6) is 1.81. The number of hydrogen-bond donors (Lipinski definition) is 2. The van der Waals surface area contributed by atoms with Gasteiger partial charge in [0.25, 0.3) is 0 Å². The van der Waals surface area contributed by atoms with Crippen molar-refractivity contribution in [3.63, 3.8) is 0 Å². The second-order valence-electron chi connectivity index (χ2n) is 6.72. The Kier molecular flexibility index (Phi) is 5.15. The van der Waals surface area contributed by atoms with E-state index in [1.54, 1.807) is 11.3 Å². The van der Waals surface area contributed by atoms with Crippen molar-refractivity contribution in [2.24, 2.45) is 0 Å². The highest BCUT2D eigenvalue weighted by atomic mass is 32.1. The van der Waals surface area contributed by atoms with Crippen LogP contribution in [0.5, 0.6) is 0 Å². The van der Waals surface area contributed by atoms with Crippen LogP contribution < -0.4 is 5.32 Å². The Bertz CT molecular complexity index is 906. The van der Waals surface area contributed by atoms with E-state index in [2.05, 4.69) is 25.5 Å². The van der Waals surface area contributed by atoms with E-state index in [-0.39, 0.29) is 11.9 Å². The summed E-state index contributed by atoms with van der Waals surface area (Å²) < 4.78 is 0. The minimum absolute atomic E-state index is 0.0524. The molecule has 27 heavy (non-hydrogen) atoms. The van der Waals surface area contributed by atoms with Crippen molar-refractivity contribution in [2.45, 2.75) is 32.2 Å². The van der Waals surface area contributed by atoms with Gasteiger partial charge in [-0.15, -0.1) is 11.3 Å². The summed E-state index contributed by atoms with van der Waals surface area (Å²) in [4.78, 5) is 23.5. The van der Waals surface area contributed by atoms with Crippen LogP contribution in [0.4, 0.5) is 4.79 Å². The number of aromatic nitrogens is 4. The first kappa shape index (κ1) is 17.7. The van der Waals surface area contributed by atoms with Gasteiger partial charge in [0, 0.05) is 30.0 Å². The predicted molar refractivity (Wildman–Crippen MR) is 104 cm³/mol. The van der Waals surface area contributed by atoms with Crippen LogP contribution in [-0.2, 0) is 6.54 Å². The molecule has 2 amide bonds. The Morgan fingerprint density at radius 2 is 2.19 bits per heavy atom. The molecule has 0 bridgehead atoms. The topological polar surface area (TPSA) is 86.8 Å². The van der Waals surface area contributed by atoms with E-state index < -0.39 is 0 Å². The van der Waals surface area contributed by atoms with E-state index in [9.17, 15) is 4.79 Å². The van der Waals surface area contributed by atoms with E-state index >= 15 is 0 Å². The molecule has 3 heterocycles. The fourth-order valence-electron chi connectivity index (χ4n) is 3.31. The van der Waals surface area contributed by atoms with E-state index in [0.717, 1.165) is 47.3 Å². The molecular formula is C19H22N6OS. The molecule has 140 valence electrons. The number of carbonyl (C=O) groups excluding carboxylic acids is 1. The Labute approximate surface area is 161 Å². The molecule has 7 nitrogen and oxygen atoms in total. The number of aryl methyl sites for hydroxylation is 1. The Hall–Kier alpha value is -2.74. The molecule has 3 aromatic rings. The number of aromatic amines is 1. The second-order valence-corrected chi connectivity index (χ2v) is 7.66. The molecule has 4 rings (SSSR count). The smallest absolute Gasteiger partial charge is 0.317 e. The molecule has 1 aromatic carbocycles. The van der Waals surface area contributed by atoms with Gasteiger partial charge in [0.1, 0.15) is 10.8 Å². The molecule has 0 saturated carbocycles. The molecule has 1 fully saturated rings. The fourth-order valence-corrected chi connectivity index (χ4v) is 4.05. The van der Waals surface area contributed by atoms with Gasteiger partial charge in [0.15, 0.2) is 5.82 Å². The third-order valence-electron chi connectivity index (χ3n) is 4.70. The lowest BCUT2D eigenvalue weighted by atomic mass is 9.98. The summed E-state index contributed by atoms with van der Waals surface area (Å²) in [6.07, 6.45) is 1.97. The lowest BCUT2D eigenvalue weighted by molar-refractivity contribution is 0.178. The SMILES string of the molecule is Cc1nc(C2CCCN(C(=O)NCc3nc(-c4ccccc4)cs3)C2)n[nH]1. The van der Waals surface area contributed by atoms with Gasteiger partial charge in [0.2, 0.25) is 0 Å². The van der Waals surface area contributed by atoms with Crippen LogP contribution in [-0.4, -0.2) is 44.2 Å². The quantitative estimate of drug-likeness (QED) is 0.725. The lowest BCUT2D eigenvalue weighted by Crippen LogP contribution is -2.44. The predicted octanol–water partition coefficient (Wildman–Crippen LogP) is 3.33. The minimum atomic E-state index is -0.0524. The number of benzene rings is 1. The number of carbonyl (C=O) groups is 1. The highest BCUT2D eigenvalue weighted by molar-refractivity contribution is 7.09. The van der Waals surface area contributed by atoms with Crippen LogP contribution in [0.1, 0.15) is 35.4 Å². The minimum Gasteiger partial charge on any atom is -0.331 e. The molecule has 2 N–H and O–H groups in total. The van der Waals surface area contributed by atoms with E-state index in [1.807, 2.05) is 47.5 Å². The van der Waals surface area contributed by atoms with Gasteiger partial charge in [-0.2, -0.15) is 5.10 Å². The maximum absolute atomic E-state index is 12.6. The summed E-state index contributed by atoms with van der Waals surface area (Å²) in [6.45, 7) is 3.74. The van der Waals surface area contributed by atoms with Gasteiger partial charge in [0.05, 0.1) is 12.2 Å². The summed E-state index contributed by atoms with van der Waals surface area (Å²) >= 11 is 1.56. The van der Waals surface area contributed by atoms with Crippen LogP contribution in [0.3, 0.4) is 0 Å². The molecule has 1 aliphatic rings. The van der Waals surface area contributed by atoms with Crippen LogP contribution in [0.25, 0.3) is 11.3 Å². The first-order chi connectivity index (χ1) is 13.2. The van der Waals surface area contributed by atoms with Crippen LogP contribution in [0.15, 0.2) is 35.7 Å². The summed E-state index contributed by atoms with van der Waals surface area (Å²) in [5.41, 5.74) is 2.04. The monoisotopic (exact) mass is 382 g/mol. The largest absolute Gasteiger partial charge is 0.331 e. The van der Waals surface area contributed by atoms with Gasteiger partial charge < -0.3 is 10.2 Å². The number of amides is 2. The van der Waals surface area contributed by atoms with Crippen molar-refractivity contribution in [1.29, 1.82) is 0 Å². The normalized spacial score (nSPS) is 17.1. The summed E-state index contributed by atoms with van der Waals surface area (Å²) in [5, 5.41) is 13.1. The Morgan fingerprint density at radius 3 is 2.96 bits per heavy atom. The van der Waals surface area contributed by atoms with Crippen molar-refractivity contribution < 1.29 is 4.79 Å². The lowest BCUT2D eigenvalue weighted by Gasteiger charge is -2.31. The number of H-pyrrole nitrogens is 1. The van der Waals surface area contributed by atoms with Crippen molar-refractivity contribution in [3.8, 4) is 11.3 Å². The van der Waals surface area contributed by atoms with Crippen LogP contribution >= 0.6 is 11.3 Å². The average molecular weight is 382 g/mol. The molecule has 1 atom stereocenters. The van der Waals surface area contributed by atoms with Crippen molar-refractivity contribution >= 4 is 17.4 Å². The first-order valence-electron chi connectivity index (χ1n) is 9.10. The van der Waals surface area contributed by atoms with Gasteiger partial charge in [-0.3, -0.25) is 5.10 Å². The number of nitrogens with zero attached hydrogens (tertiary/aromatic N) is 4. The van der Waals surface area contributed by atoms with Gasteiger partial charge in [-0.05, 0) is 19.8 Å². The zero-order valence-electron chi connectivity index (χ0n) is 15.2. The summed E-state index contributed by atoms with van der Waals surface area (Å²) in [7, 11) is 0. The van der Waals surface area contributed by atoms with E-state index in [4.69, 9.17) is 0 Å². The van der Waals surface area contributed by atoms with Crippen LogP contribution in [0.2, 0.25) is 0 Å². The number of rotatable bonds is 4. The fraction of sp³-hybridized carbons (Fsp3) is 0.368. The van der Waals surface area contributed by atoms with Crippen molar-refractivity contribution in [2.75, 3.05) is 13.1 Å². The molecule has 2 aromatic heterocycles. The van der Waals surface area contributed by atoms with Gasteiger partial charge >= 0.3 is 6.03 Å².